The first-order valence-electron chi connectivity index (χ1n) is 11.5. The molecule has 2 atom stereocenters. The van der Waals surface area contributed by atoms with Gasteiger partial charge in [-0.3, -0.25) is 4.18 Å². The summed E-state index contributed by atoms with van der Waals surface area (Å²) in [6.45, 7) is 12.8. The van der Waals surface area contributed by atoms with Crippen LogP contribution < -0.4 is 0 Å². The lowest BCUT2D eigenvalue weighted by molar-refractivity contribution is 0.00385. The van der Waals surface area contributed by atoms with Crippen molar-refractivity contribution in [2.75, 3.05) is 38.7 Å². The zero-order valence-electron chi connectivity index (χ0n) is 22.2. The molecule has 0 aromatic rings. The maximum Gasteiger partial charge on any atom is 0.410 e. The zero-order chi connectivity index (χ0) is 27.4. The van der Waals surface area contributed by atoms with Crippen LogP contribution in [0, 0.1) is 0 Å². The normalized spacial score (nSPS) is 21.1. The fourth-order valence-corrected chi connectivity index (χ4v) is 3.85. The van der Waals surface area contributed by atoms with Gasteiger partial charge in [-0.1, -0.05) is 11.0 Å². The largest absolute Gasteiger partial charge is 0.444 e. The zero-order valence-corrected chi connectivity index (χ0v) is 24.6. The van der Waals surface area contributed by atoms with Crippen LogP contribution in [0.15, 0.2) is 0 Å². The number of hydrogen-bond donors (Lipinski definition) is 1. The highest BCUT2D eigenvalue weighted by atomic mass is 35.7. The summed E-state index contributed by atoms with van der Waals surface area (Å²) in [5.74, 6) is 0. The van der Waals surface area contributed by atoms with Gasteiger partial charge in [0.1, 0.15) is 11.2 Å². The van der Waals surface area contributed by atoms with Crippen molar-refractivity contribution in [1.29, 1.82) is 0 Å². The van der Waals surface area contributed by atoms with Crippen molar-refractivity contribution in [2.24, 2.45) is 0 Å². The molecule has 2 aliphatic heterocycles. The number of ether oxygens (including phenoxy) is 2. The molecule has 0 aliphatic carbocycles. The molecule has 208 valence electrons. The van der Waals surface area contributed by atoms with Gasteiger partial charge in [0.15, 0.2) is 0 Å². The Hall–Kier alpha value is -0.950. The summed E-state index contributed by atoms with van der Waals surface area (Å²) in [5.41, 5.74) is -1.01. The van der Waals surface area contributed by atoms with E-state index in [1.54, 1.807) is 25.7 Å². The third-order valence-electron chi connectivity index (χ3n) is 4.39. The molecule has 35 heavy (non-hydrogen) atoms. The van der Waals surface area contributed by atoms with Crippen molar-refractivity contribution in [2.45, 2.75) is 90.6 Å². The van der Waals surface area contributed by atoms with Crippen molar-refractivity contribution in [3.8, 4) is 0 Å². The van der Waals surface area contributed by atoms with Gasteiger partial charge in [0.05, 0.1) is 25.0 Å². The van der Waals surface area contributed by atoms with Crippen molar-refractivity contribution in [3.05, 3.63) is 0 Å². The first kappa shape index (κ1) is 34.0. The number of amides is 2. The van der Waals surface area contributed by atoms with Crippen LogP contribution in [0.5, 0.6) is 0 Å². The van der Waals surface area contributed by atoms with E-state index in [4.69, 9.17) is 24.3 Å². The fraction of sp³-hybridized carbons (Fsp3) is 0.909. The highest BCUT2D eigenvalue weighted by Gasteiger charge is 2.30. The van der Waals surface area contributed by atoms with Crippen LogP contribution in [0.4, 0.5) is 9.59 Å². The SMILES string of the molecule is CC(C)(C)OC(=O)N1CCC[C@@H](O)C1.CC(C)(C)OC(=O)N1CCC[C@@H](OS(C)(=O)=O)C1.CSCl. The molecule has 2 amide bonds. The number of aliphatic hydroxyl groups excluding tert-OH is 1. The minimum Gasteiger partial charge on any atom is -0.444 e. The predicted octanol–water partition coefficient (Wildman–Crippen LogP) is 4.24. The van der Waals surface area contributed by atoms with Crippen molar-refractivity contribution in [1.82, 2.24) is 9.80 Å². The topological polar surface area (TPSA) is 123 Å². The number of nitrogens with zero attached hydrogens (tertiary/aromatic N) is 2. The number of aliphatic hydroxyl groups is 1. The summed E-state index contributed by atoms with van der Waals surface area (Å²) in [5, 5.41) is 9.38. The smallest absolute Gasteiger partial charge is 0.410 e. The molecule has 0 aromatic carbocycles. The quantitative estimate of drug-likeness (QED) is 0.492. The predicted molar refractivity (Wildman–Crippen MR) is 139 cm³/mol. The maximum atomic E-state index is 11.8. The Bertz CT molecular complexity index is 754. The number of carbonyl (C=O) groups excluding carboxylic acids is 2. The molecule has 0 spiro atoms. The van der Waals surface area contributed by atoms with Crippen LogP contribution in [0.25, 0.3) is 0 Å². The van der Waals surface area contributed by atoms with E-state index in [-0.39, 0.29) is 12.6 Å². The molecule has 2 aliphatic rings. The van der Waals surface area contributed by atoms with Gasteiger partial charge >= 0.3 is 12.2 Å². The number of halogens is 1. The Balaban J connectivity index is 0.000000608. The van der Waals surface area contributed by atoms with Gasteiger partial charge in [-0.15, -0.1) is 0 Å². The van der Waals surface area contributed by atoms with E-state index >= 15 is 0 Å². The molecule has 0 unspecified atom stereocenters. The lowest BCUT2D eigenvalue weighted by Crippen LogP contribution is -2.45. The molecule has 2 saturated heterocycles. The number of likely N-dealkylation sites (tertiary alicyclic amines) is 2. The second-order valence-corrected chi connectivity index (χ2v) is 13.2. The minimum atomic E-state index is -3.49. The number of hydrogen-bond acceptors (Lipinski definition) is 9. The molecule has 0 aromatic heterocycles. The molecule has 0 radical (unpaired) electrons. The van der Waals surface area contributed by atoms with Crippen molar-refractivity contribution >= 4 is 44.0 Å². The molecule has 2 heterocycles. The van der Waals surface area contributed by atoms with Gasteiger partial charge < -0.3 is 24.4 Å². The van der Waals surface area contributed by atoms with Gasteiger partial charge in [-0.25, -0.2) is 9.59 Å². The lowest BCUT2D eigenvalue weighted by atomic mass is 10.1. The third kappa shape index (κ3) is 18.0. The average molecular weight is 563 g/mol. The van der Waals surface area contributed by atoms with Gasteiger partial charge in [-0.2, -0.15) is 8.42 Å². The van der Waals surface area contributed by atoms with E-state index in [1.165, 1.54) is 15.9 Å². The number of piperidine rings is 2. The first-order chi connectivity index (χ1) is 15.9. The van der Waals surface area contributed by atoms with Crippen LogP contribution in [0.1, 0.15) is 67.2 Å². The number of carbonyl (C=O) groups is 2. The number of rotatable bonds is 2. The van der Waals surface area contributed by atoms with E-state index in [0.29, 0.717) is 32.5 Å². The maximum absolute atomic E-state index is 11.8. The fourth-order valence-electron chi connectivity index (χ4n) is 3.20. The van der Waals surface area contributed by atoms with Crippen LogP contribution in [-0.2, 0) is 23.8 Å². The van der Waals surface area contributed by atoms with E-state index in [0.717, 1.165) is 19.1 Å². The van der Waals surface area contributed by atoms with Gasteiger partial charge in [-0.05, 0) is 84.2 Å². The van der Waals surface area contributed by atoms with E-state index in [2.05, 4.69) is 0 Å². The molecular formula is C22H43ClN2O8S2. The molecular weight excluding hydrogens is 520 g/mol. The summed E-state index contributed by atoms with van der Waals surface area (Å²) in [7, 11) is 2.65. The number of β-amino-alcohol motifs (C(OH)–C–C–N with tert-alkyl or cyclic N) is 1. The molecule has 0 saturated carbocycles. The average Bonchev–Trinajstić information content (AvgIpc) is 2.65. The summed E-state index contributed by atoms with van der Waals surface area (Å²) in [6.07, 6.45) is 4.17. The van der Waals surface area contributed by atoms with Crippen LogP contribution in [0.2, 0.25) is 0 Å². The summed E-state index contributed by atoms with van der Waals surface area (Å²) in [6, 6.07) is 0. The van der Waals surface area contributed by atoms with E-state index < -0.39 is 39.6 Å². The lowest BCUT2D eigenvalue weighted by Gasteiger charge is -2.33. The Labute approximate surface area is 219 Å². The monoisotopic (exact) mass is 562 g/mol. The Morgan fingerprint density at radius 1 is 0.914 bits per heavy atom. The second-order valence-electron chi connectivity index (χ2n) is 10.4. The van der Waals surface area contributed by atoms with Gasteiger partial charge in [0, 0.05) is 19.6 Å². The highest BCUT2D eigenvalue weighted by molar-refractivity contribution is 8.20. The summed E-state index contributed by atoms with van der Waals surface area (Å²) < 4.78 is 37.4. The second kappa shape index (κ2) is 15.3. The molecule has 13 heteroatoms. The molecule has 0 bridgehead atoms. The molecule has 1 N–H and O–H groups in total. The molecule has 2 fully saturated rings. The third-order valence-corrected chi connectivity index (χ3v) is 5.01. The first-order valence-corrected chi connectivity index (χ1v) is 15.4. The van der Waals surface area contributed by atoms with Gasteiger partial charge in [0.25, 0.3) is 10.1 Å². The van der Waals surface area contributed by atoms with Gasteiger partial charge in [0.2, 0.25) is 0 Å². The molecule has 2 rings (SSSR count). The Morgan fingerprint density at radius 3 is 1.69 bits per heavy atom. The minimum absolute atomic E-state index is 0.252. The van der Waals surface area contributed by atoms with E-state index in [9.17, 15) is 23.1 Å². The molecule has 10 nitrogen and oxygen atoms in total. The highest BCUT2D eigenvalue weighted by Crippen LogP contribution is 2.18. The Morgan fingerprint density at radius 2 is 1.31 bits per heavy atom. The summed E-state index contributed by atoms with van der Waals surface area (Å²) >= 11 is 0. The Kier molecular flexibility index (Phi) is 14.9. The summed E-state index contributed by atoms with van der Waals surface area (Å²) in [4.78, 5) is 26.4. The van der Waals surface area contributed by atoms with E-state index in [1.807, 2.05) is 27.0 Å². The van der Waals surface area contributed by atoms with Crippen LogP contribution >= 0.6 is 21.7 Å². The van der Waals surface area contributed by atoms with Crippen LogP contribution in [0.3, 0.4) is 0 Å². The standard InChI is InChI=1S/C11H21NO5S.C10H19NO3.CH3ClS/c1-11(2,3)16-10(13)12-7-5-6-9(8-12)17-18(4,14)15;1-10(2,3)14-9(13)11-6-4-5-8(12)7-11;1-3-2/h9H,5-8H2,1-4H3;8,12H,4-7H2,1-3H3;1H3/t9-;8-;/m11./s1. The van der Waals surface area contributed by atoms with Crippen molar-refractivity contribution < 1.29 is 36.8 Å². The van der Waals surface area contributed by atoms with Crippen molar-refractivity contribution in [3.63, 3.8) is 0 Å². The van der Waals surface area contributed by atoms with Crippen LogP contribution in [-0.4, -0.2) is 97.6 Å².